The third kappa shape index (κ3) is 9.80. The highest BCUT2D eigenvalue weighted by Gasteiger charge is 2.06. The van der Waals surface area contributed by atoms with Crippen LogP contribution in [0.1, 0.15) is 96.5 Å². The lowest BCUT2D eigenvalue weighted by molar-refractivity contribution is 0.206. The smallest absolute Gasteiger partial charge is 0.126 e. The monoisotopic (exact) mass is 330 g/mol. The molecule has 0 radical (unpaired) electrons. The number of rotatable bonds is 15. The molecule has 0 aliphatic rings. The van der Waals surface area contributed by atoms with Gasteiger partial charge in [0.2, 0.25) is 0 Å². The molecule has 0 aliphatic heterocycles. The molecule has 0 bridgehead atoms. The van der Waals surface area contributed by atoms with Gasteiger partial charge in [-0.15, -0.1) is 0 Å². The van der Waals surface area contributed by atoms with Crippen molar-refractivity contribution in [2.24, 2.45) is 0 Å². The Morgan fingerprint density at radius 1 is 0.875 bits per heavy atom. The Balaban J connectivity index is 1.98. The first kappa shape index (κ1) is 20.8. The molecular formula is C23H38O. The molecule has 0 heterocycles. The van der Waals surface area contributed by atoms with E-state index in [-0.39, 0.29) is 6.10 Å². The lowest BCUT2D eigenvalue weighted by Crippen LogP contribution is -2.12. The maximum absolute atomic E-state index is 6.06. The average molecular weight is 331 g/mol. The van der Waals surface area contributed by atoms with Crippen LogP contribution >= 0.6 is 0 Å². The van der Waals surface area contributed by atoms with E-state index in [9.17, 15) is 0 Å². The second-order valence-electron chi connectivity index (χ2n) is 6.99. The van der Waals surface area contributed by atoms with Crippen LogP contribution in [0.5, 0.6) is 5.75 Å². The van der Waals surface area contributed by atoms with Crippen molar-refractivity contribution in [1.29, 1.82) is 0 Å². The minimum absolute atomic E-state index is 0.282. The van der Waals surface area contributed by atoms with E-state index in [1.54, 1.807) is 0 Å². The van der Waals surface area contributed by atoms with Gasteiger partial charge in [0.15, 0.2) is 0 Å². The molecule has 0 N–H and O–H groups in total. The van der Waals surface area contributed by atoms with Crippen molar-refractivity contribution in [1.82, 2.24) is 0 Å². The number of hydrogen-bond donors (Lipinski definition) is 0. The van der Waals surface area contributed by atoms with Crippen molar-refractivity contribution in [3.05, 3.63) is 36.4 Å². The number of hydrogen-bond acceptors (Lipinski definition) is 1. The van der Waals surface area contributed by atoms with Gasteiger partial charge in [0, 0.05) is 5.56 Å². The lowest BCUT2D eigenvalue weighted by Gasteiger charge is -2.16. The standard InChI is InChI=1S/C23H38O/c1-4-6-7-8-9-10-11-12-13-14-15-18-21(3)24-23-20-17-16-19-22(23)5-2/h5,16-17,19-21H,2,4,6-15,18H2,1,3H3. The summed E-state index contributed by atoms with van der Waals surface area (Å²) in [6.45, 7) is 8.31. The van der Waals surface area contributed by atoms with Crippen LogP contribution in [0.2, 0.25) is 0 Å². The molecule has 0 saturated heterocycles. The predicted octanol–water partition coefficient (Wildman–Crippen LogP) is 7.80. The van der Waals surface area contributed by atoms with Gasteiger partial charge in [0.1, 0.15) is 5.75 Å². The molecule has 0 saturated carbocycles. The molecule has 0 spiro atoms. The summed E-state index contributed by atoms with van der Waals surface area (Å²) in [6, 6.07) is 8.14. The van der Waals surface area contributed by atoms with E-state index in [0.29, 0.717) is 0 Å². The zero-order valence-electron chi connectivity index (χ0n) is 16.1. The number of para-hydroxylation sites is 1. The van der Waals surface area contributed by atoms with Crippen molar-refractivity contribution >= 4 is 6.08 Å². The van der Waals surface area contributed by atoms with E-state index >= 15 is 0 Å². The zero-order chi connectivity index (χ0) is 17.5. The second-order valence-corrected chi connectivity index (χ2v) is 6.99. The Hall–Kier alpha value is -1.24. The average Bonchev–Trinajstić information content (AvgIpc) is 2.60. The zero-order valence-corrected chi connectivity index (χ0v) is 16.1. The van der Waals surface area contributed by atoms with E-state index in [0.717, 1.165) is 17.7 Å². The molecule has 1 atom stereocenters. The molecule has 1 nitrogen and oxygen atoms in total. The van der Waals surface area contributed by atoms with E-state index < -0.39 is 0 Å². The van der Waals surface area contributed by atoms with Crippen LogP contribution in [0.15, 0.2) is 30.8 Å². The van der Waals surface area contributed by atoms with Crippen molar-refractivity contribution in [2.45, 2.75) is 97.0 Å². The van der Waals surface area contributed by atoms with Crippen LogP contribution < -0.4 is 4.74 Å². The van der Waals surface area contributed by atoms with Gasteiger partial charge in [-0.25, -0.2) is 0 Å². The molecular weight excluding hydrogens is 292 g/mol. The largest absolute Gasteiger partial charge is 0.490 e. The quantitative estimate of drug-likeness (QED) is 0.298. The summed E-state index contributed by atoms with van der Waals surface area (Å²) in [4.78, 5) is 0. The minimum Gasteiger partial charge on any atom is -0.490 e. The van der Waals surface area contributed by atoms with E-state index in [1.165, 1.54) is 70.6 Å². The molecule has 0 amide bonds. The fourth-order valence-electron chi connectivity index (χ4n) is 3.13. The summed E-state index contributed by atoms with van der Waals surface area (Å²) in [7, 11) is 0. The molecule has 1 rings (SSSR count). The van der Waals surface area contributed by atoms with Gasteiger partial charge in [0.05, 0.1) is 6.10 Å². The first-order valence-electron chi connectivity index (χ1n) is 10.2. The fraction of sp³-hybridized carbons (Fsp3) is 0.652. The third-order valence-corrected chi connectivity index (χ3v) is 4.68. The predicted molar refractivity (Wildman–Crippen MR) is 108 cm³/mol. The molecule has 1 heteroatoms. The van der Waals surface area contributed by atoms with Crippen LogP contribution in [-0.2, 0) is 0 Å². The minimum atomic E-state index is 0.282. The van der Waals surface area contributed by atoms with E-state index in [2.05, 4.69) is 26.5 Å². The first-order valence-corrected chi connectivity index (χ1v) is 10.2. The van der Waals surface area contributed by atoms with Crippen LogP contribution in [0, 0.1) is 0 Å². The van der Waals surface area contributed by atoms with Gasteiger partial charge in [-0.2, -0.15) is 0 Å². The van der Waals surface area contributed by atoms with E-state index in [1.807, 2.05) is 24.3 Å². The lowest BCUT2D eigenvalue weighted by atomic mass is 10.0. The molecule has 24 heavy (non-hydrogen) atoms. The van der Waals surface area contributed by atoms with Crippen LogP contribution in [0.25, 0.3) is 6.08 Å². The summed E-state index contributed by atoms with van der Waals surface area (Å²) < 4.78 is 6.06. The molecule has 1 unspecified atom stereocenters. The Kier molecular flexibility index (Phi) is 12.3. The Morgan fingerprint density at radius 2 is 1.42 bits per heavy atom. The highest BCUT2D eigenvalue weighted by molar-refractivity contribution is 5.55. The van der Waals surface area contributed by atoms with Crippen LogP contribution in [-0.4, -0.2) is 6.10 Å². The summed E-state index contributed by atoms with van der Waals surface area (Å²) in [6.07, 6.45) is 18.6. The number of benzene rings is 1. The summed E-state index contributed by atoms with van der Waals surface area (Å²) in [5, 5.41) is 0. The Labute approximate surface area is 150 Å². The van der Waals surface area contributed by atoms with Gasteiger partial charge >= 0.3 is 0 Å². The number of ether oxygens (including phenoxy) is 1. The molecule has 0 aliphatic carbocycles. The van der Waals surface area contributed by atoms with Gasteiger partial charge < -0.3 is 4.74 Å². The Bertz CT molecular complexity index is 424. The maximum atomic E-state index is 6.06. The molecule has 1 aromatic rings. The van der Waals surface area contributed by atoms with Crippen molar-refractivity contribution in [3.8, 4) is 5.75 Å². The highest BCUT2D eigenvalue weighted by Crippen LogP contribution is 2.21. The van der Waals surface area contributed by atoms with Gasteiger partial charge in [-0.05, 0) is 25.8 Å². The van der Waals surface area contributed by atoms with Gasteiger partial charge in [0.25, 0.3) is 0 Å². The summed E-state index contributed by atoms with van der Waals surface area (Å²) >= 11 is 0. The maximum Gasteiger partial charge on any atom is 0.126 e. The van der Waals surface area contributed by atoms with Crippen LogP contribution in [0.4, 0.5) is 0 Å². The van der Waals surface area contributed by atoms with Crippen molar-refractivity contribution in [2.75, 3.05) is 0 Å². The van der Waals surface area contributed by atoms with Crippen molar-refractivity contribution in [3.63, 3.8) is 0 Å². The summed E-state index contributed by atoms with van der Waals surface area (Å²) in [5.41, 5.74) is 1.09. The second kappa shape index (κ2) is 14.1. The van der Waals surface area contributed by atoms with Gasteiger partial charge in [-0.3, -0.25) is 0 Å². The number of unbranched alkanes of at least 4 members (excludes halogenated alkanes) is 10. The van der Waals surface area contributed by atoms with Crippen molar-refractivity contribution < 1.29 is 4.74 Å². The molecule has 136 valence electrons. The SMILES string of the molecule is C=Cc1ccccc1OC(C)CCCCCCCCCCCCC. The van der Waals surface area contributed by atoms with E-state index in [4.69, 9.17) is 4.74 Å². The van der Waals surface area contributed by atoms with Crippen LogP contribution in [0.3, 0.4) is 0 Å². The highest BCUT2D eigenvalue weighted by atomic mass is 16.5. The Morgan fingerprint density at radius 3 is 2.00 bits per heavy atom. The molecule has 0 fully saturated rings. The molecule has 0 aromatic heterocycles. The topological polar surface area (TPSA) is 9.23 Å². The summed E-state index contributed by atoms with van der Waals surface area (Å²) in [5.74, 6) is 0.961. The fourth-order valence-corrected chi connectivity index (χ4v) is 3.13. The molecule has 1 aromatic carbocycles. The normalized spacial score (nSPS) is 12.1. The first-order chi connectivity index (χ1) is 11.8. The van der Waals surface area contributed by atoms with Gasteiger partial charge in [-0.1, -0.05) is 102 Å². The third-order valence-electron chi connectivity index (χ3n) is 4.68.